The monoisotopic (exact) mass is 254 g/mol. The van der Waals surface area contributed by atoms with Crippen LogP contribution < -0.4 is 10.0 Å². The second-order valence-corrected chi connectivity index (χ2v) is 6.26. The summed E-state index contributed by atoms with van der Waals surface area (Å²) in [6, 6.07) is 5.50. The van der Waals surface area contributed by atoms with Crippen LogP contribution in [0, 0.1) is 13.8 Å². The van der Waals surface area contributed by atoms with Gasteiger partial charge in [-0.15, -0.1) is 0 Å². The molecule has 1 aliphatic heterocycles. The van der Waals surface area contributed by atoms with E-state index in [1.54, 1.807) is 6.07 Å². The van der Waals surface area contributed by atoms with E-state index in [4.69, 9.17) is 0 Å². The number of hydrogen-bond donors (Lipinski definition) is 2. The molecule has 1 aromatic rings. The lowest BCUT2D eigenvalue weighted by Crippen LogP contribution is -2.36. The first kappa shape index (κ1) is 12.5. The number of nitrogens with one attached hydrogen (secondary N) is 2. The van der Waals surface area contributed by atoms with E-state index in [1.807, 2.05) is 26.0 Å². The van der Waals surface area contributed by atoms with E-state index in [-0.39, 0.29) is 6.04 Å². The van der Waals surface area contributed by atoms with Gasteiger partial charge in [-0.1, -0.05) is 12.1 Å². The fourth-order valence-corrected chi connectivity index (χ4v) is 3.63. The summed E-state index contributed by atoms with van der Waals surface area (Å²) in [7, 11) is -3.39. The van der Waals surface area contributed by atoms with Crippen LogP contribution in [0.5, 0.6) is 0 Å². The number of hydrogen-bond acceptors (Lipinski definition) is 3. The highest BCUT2D eigenvalue weighted by molar-refractivity contribution is 7.89. The summed E-state index contributed by atoms with van der Waals surface area (Å²) in [5.74, 6) is 0. The fraction of sp³-hybridized carbons (Fsp3) is 0.500. The number of rotatable bonds is 3. The maximum atomic E-state index is 12.2. The molecule has 2 rings (SSSR count). The fourth-order valence-electron chi connectivity index (χ4n) is 2.03. The Morgan fingerprint density at radius 2 is 2.12 bits per heavy atom. The van der Waals surface area contributed by atoms with E-state index in [2.05, 4.69) is 10.0 Å². The molecule has 1 heterocycles. The normalized spacial score (nSPS) is 20.7. The van der Waals surface area contributed by atoms with Crippen LogP contribution in [0.4, 0.5) is 0 Å². The molecule has 17 heavy (non-hydrogen) atoms. The van der Waals surface area contributed by atoms with Crippen molar-refractivity contribution in [1.82, 2.24) is 10.0 Å². The van der Waals surface area contributed by atoms with Gasteiger partial charge in [0.05, 0.1) is 4.90 Å². The van der Waals surface area contributed by atoms with Crippen molar-refractivity contribution < 1.29 is 8.42 Å². The van der Waals surface area contributed by atoms with E-state index >= 15 is 0 Å². The standard InChI is InChI=1S/C12H18N2O2S/c1-9-3-4-10(2)12(7-9)17(15,16)14-11-5-6-13-8-11/h3-4,7,11,13-14H,5-6,8H2,1-2H3/t11-/m0/s1. The molecular weight excluding hydrogens is 236 g/mol. The molecule has 4 nitrogen and oxygen atoms in total. The predicted octanol–water partition coefficient (Wildman–Crippen LogP) is 0.944. The molecule has 0 radical (unpaired) electrons. The second-order valence-electron chi connectivity index (χ2n) is 4.58. The average molecular weight is 254 g/mol. The molecular formula is C12H18N2O2S. The van der Waals surface area contributed by atoms with Crippen LogP contribution in [-0.2, 0) is 10.0 Å². The molecule has 0 unspecified atom stereocenters. The zero-order valence-electron chi connectivity index (χ0n) is 10.2. The van der Waals surface area contributed by atoms with Crippen LogP contribution in [0.15, 0.2) is 23.1 Å². The van der Waals surface area contributed by atoms with Crippen LogP contribution >= 0.6 is 0 Å². The van der Waals surface area contributed by atoms with Crippen molar-refractivity contribution in [2.45, 2.75) is 31.2 Å². The van der Waals surface area contributed by atoms with Gasteiger partial charge in [0, 0.05) is 12.6 Å². The Morgan fingerprint density at radius 1 is 1.35 bits per heavy atom. The van der Waals surface area contributed by atoms with E-state index in [0.29, 0.717) is 11.4 Å². The first-order valence-electron chi connectivity index (χ1n) is 5.79. The molecule has 0 bridgehead atoms. The van der Waals surface area contributed by atoms with Gasteiger partial charge in [-0.2, -0.15) is 0 Å². The van der Waals surface area contributed by atoms with Gasteiger partial charge in [0.2, 0.25) is 10.0 Å². The SMILES string of the molecule is Cc1ccc(C)c(S(=O)(=O)N[C@H]2CCNC2)c1. The van der Waals surface area contributed by atoms with Crippen LogP contribution in [0.1, 0.15) is 17.5 Å². The summed E-state index contributed by atoms with van der Waals surface area (Å²) < 4.78 is 27.2. The van der Waals surface area contributed by atoms with Gasteiger partial charge in [-0.05, 0) is 44.0 Å². The van der Waals surface area contributed by atoms with Crippen molar-refractivity contribution in [3.05, 3.63) is 29.3 Å². The minimum absolute atomic E-state index is 0.0138. The van der Waals surface area contributed by atoms with E-state index in [9.17, 15) is 8.42 Å². The van der Waals surface area contributed by atoms with Gasteiger partial charge in [-0.25, -0.2) is 13.1 Å². The summed E-state index contributed by atoms with van der Waals surface area (Å²) >= 11 is 0. The first-order valence-corrected chi connectivity index (χ1v) is 7.28. The highest BCUT2D eigenvalue weighted by Crippen LogP contribution is 2.17. The Hall–Kier alpha value is -0.910. The van der Waals surface area contributed by atoms with Crippen molar-refractivity contribution in [2.24, 2.45) is 0 Å². The number of benzene rings is 1. The molecule has 0 saturated carbocycles. The topological polar surface area (TPSA) is 58.2 Å². The number of aryl methyl sites for hydroxylation is 2. The van der Waals surface area contributed by atoms with Crippen LogP contribution in [-0.4, -0.2) is 27.5 Å². The summed E-state index contributed by atoms with van der Waals surface area (Å²) in [6.07, 6.45) is 0.851. The maximum absolute atomic E-state index is 12.2. The largest absolute Gasteiger partial charge is 0.315 e. The van der Waals surface area contributed by atoms with Gasteiger partial charge < -0.3 is 5.32 Å². The molecule has 1 fully saturated rings. The Balaban J connectivity index is 2.27. The minimum Gasteiger partial charge on any atom is -0.315 e. The summed E-state index contributed by atoms with van der Waals surface area (Å²) in [5, 5.41) is 3.15. The van der Waals surface area contributed by atoms with Crippen molar-refractivity contribution in [1.29, 1.82) is 0 Å². The van der Waals surface area contributed by atoms with Gasteiger partial charge in [0.1, 0.15) is 0 Å². The molecule has 0 amide bonds. The van der Waals surface area contributed by atoms with E-state index < -0.39 is 10.0 Å². The van der Waals surface area contributed by atoms with Crippen LogP contribution in [0.2, 0.25) is 0 Å². The molecule has 2 N–H and O–H groups in total. The van der Waals surface area contributed by atoms with Crippen molar-refractivity contribution in [3.63, 3.8) is 0 Å². The van der Waals surface area contributed by atoms with Gasteiger partial charge in [-0.3, -0.25) is 0 Å². The Morgan fingerprint density at radius 3 is 2.76 bits per heavy atom. The zero-order valence-corrected chi connectivity index (χ0v) is 11.0. The van der Waals surface area contributed by atoms with Crippen molar-refractivity contribution in [2.75, 3.05) is 13.1 Å². The summed E-state index contributed by atoms with van der Waals surface area (Å²) in [5.41, 5.74) is 1.74. The van der Waals surface area contributed by atoms with Gasteiger partial charge in [0.15, 0.2) is 0 Å². The lowest BCUT2D eigenvalue weighted by molar-refractivity contribution is 0.559. The lowest BCUT2D eigenvalue weighted by Gasteiger charge is -2.14. The Labute approximate surface area is 102 Å². The molecule has 5 heteroatoms. The third-order valence-corrected chi connectivity index (χ3v) is 4.68. The van der Waals surface area contributed by atoms with Gasteiger partial charge >= 0.3 is 0 Å². The van der Waals surface area contributed by atoms with Crippen molar-refractivity contribution >= 4 is 10.0 Å². The third-order valence-electron chi connectivity index (χ3n) is 3.02. The maximum Gasteiger partial charge on any atom is 0.241 e. The van der Waals surface area contributed by atoms with Crippen molar-refractivity contribution in [3.8, 4) is 0 Å². The highest BCUT2D eigenvalue weighted by Gasteiger charge is 2.23. The molecule has 1 saturated heterocycles. The predicted molar refractivity (Wildman–Crippen MR) is 67.5 cm³/mol. The molecule has 1 aromatic carbocycles. The molecule has 0 spiro atoms. The molecule has 0 aliphatic carbocycles. The lowest BCUT2D eigenvalue weighted by atomic mass is 10.2. The molecule has 0 aromatic heterocycles. The molecule has 1 atom stereocenters. The smallest absolute Gasteiger partial charge is 0.241 e. The van der Waals surface area contributed by atoms with Crippen LogP contribution in [0.25, 0.3) is 0 Å². The average Bonchev–Trinajstić information content (AvgIpc) is 2.73. The molecule has 94 valence electrons. The van der Waals surface area contributed by atoms with E-state index in [1.165, 1.54) is 0 Å². The quantitative estimate of drug-likeness (QED) is 0.844. The zero-order chi connectivity index (χ0) is 12.5. The minimum atomic E-state index is -3.39. The molecule has 1 aliphatic rings. The Kier molecular flexibility index (Phi) is 3.51. The number of sulfonamides is 1. The van der Waals surface area contributed by atoms with Gasteiger partial charge in [0.25, 0.3) is 0 Å². The van der Waals surface area contributed by atoms with E-state index in [0.717, 1.165) is 24.1 Å². The van der Waals surface area contributed by atoms with Crippen LogP contribution in [0.3, 0.4) is 0 Å². The summed E-state index contributed by atoms with van der Waals surface area (Å²) in [6.45, 7) is 5.31. The Bertz CT molecular complexity index is 505. The summed E-state index contributed by atoms with van der Waals surface area (Å²) in [4.78, 5) is 0.393. The first-order chi connectivity index (χ1) is 7.99. The highest BCUT2D eigenvalue weighted by atomic mass is 32.2. The second kappa shape index (κ2) is 4.76. The third kappa shape index (κ3) is 2.86.